The van der Waals surface area contributed by atoms with Gasteiger partial charge in [-0.3, -0.25) is 4.98 Å². The van der Waals surface area contributed by atoms with Crippen molar-refractivity contribution < 1.29 is 4.39 Å². The topological polar surface area (TPSA) is 12.9 Å². The van der Waals surface area contributed by atoms with Gasteiger partial charge in [-0.2, -0.15) is 0 Å². The third-order valence-electron chi connectivity index (χ3n) is 2.14. The second-order valence-corrected chi connectivity index (χ2v) is 3.21. The number of aromatic nitrogens is 1. The van der Waals surface area contributed by atoms with Crippen molar-refractivity contribution in [2.24, 2.45) is 0 Å². The van der Waals surface area contributed by atoms with Crippen LogP contribution in [0.15, 0.2) is 24.3 Å². The molecule has 0 spiro atoms. The Kier molecular flexibility index (Phi) is 3.78. The average Bonchev–Trinajstić information content (AvgIpc) is 2.27. The van der Waals surface area contributed by atoms with E-state index in [1.807, 2.05) is 33.8 Å². The minimum absolute atomic E-state index is 0.201. The zero-order valence-electron chi connectivity index (χ0n) is 9.63. The fraction of sp³-hybridized carbons (Fsp3) is 0.308. The Labute approximate surface area is 90.0 Å². The molecule has 0 aliphatic carbocycles. The largest absolute Gasteiger partial charge is 0.253 e. The third-order valence-corrected chi connectivity index (χ3v) is 2.14. The van der Waals surface area contributed by atoms with Gasteiger partial charge in [0.2, 0.25) is 0 Å². The minimum Gasteiger partial charge on any atom is -0.253 e. The van der Waals surface area contributed by atoms with E-state index in [4.69, 9.17) is 0 Å². The first kappa shape index (κ1) is 11.6. The molecule has 2 rings (SSSR count). The predicted molar refractivity (Wildman–Crippen MR) is 62.5 cm³/mol. The number of fused-ring (bicyclic) bond motifs is 1. The van der Waals surface area contributed by atoms with Gasteiger partial charge in [-0.25, -0.2) is 4.39 Å². The van der Waals surface area contributed by atoms with Gasteiger partial charge >= 0.3 is 0 Å². The number of benzene rings is 1. The Bertz CT molecular complexity index is 463. The lowest BCUT2D eigenvalue weighted by atomic mass is 10.1. The molecule has 1 aromatic heterocycles. The summed E-state index contributed by atoms with van der Waals surface area (Å²) >= 11 is 0. The van der Waals surface area contributed by atoms with E-state index < -0.39 is 0 Å². The molecule has 0 atom stereocenters. The summed E-state index contributed by atoms with van der Waals surface area (Å²) in [6.07, 6.45) is 0. The molecular weight excluding hydrogens is 189 g/mol. The maximum atomic E-state index is 13.3. The quantitative estimate of drug-likeness (QED) is 0.633. The first-order valence-electron chi connectivity index (χ1n) is 5.21. The molecule has 0 aliphatic rings. The van der Waals surface area contributed by atoms with E-state index in [2.05, 4.69) is 4.98 Å². The predicted octanol–water partition coefficient (Wildman–Crippen LogP) is 4.02. The molecule has 1 heterocycles. The summed E-state index contributed by atoms with van der Waals surface area (Å²) in [7, 11) is 0. The van der Waals surface area contributed by atoms with E-state index in [1.54, 1.807) is 12.1 Å². The Morgan fingerprint density at radius 2 is 1.67 bits per heavy atom. The van der Waals surface area contributed by atoms with Crippen LogP contribution in [-0.2, 0) is 0 Å². The van der Waals surface area contributed by atoms with Crippen LogP contribution >= 0.6 is 0 Å². The number of halogens is 1. The van der Waals surface area contributed by atoms with Gasteiger partial charge in [0.15, 0.2) is 0 Å². The SMILES string of the molecule is CC.Cc1ccc2c(F)ccc(C)c2n1. The normalized spacial score (nSPS) is 9.67. The number of rotatable bonds is 0. The number of aryl methyl sites for hydroxylation is 2. The molecule has 80 valence electrons. The van der Waals surface area contributed by atoms with Gasteiger partial charge in [0, 0.05) is 11.1 Å². The zero-order chi connectivity index (χ0) is 11.4. The lowest BCUT2D eigenvalue weighted by Gasteiger charge is -2.02. The van der Waals surface area contributed by atoms with Crippen LogP contribution in [0.4, 0.5) is 4.39 Å². The van der Waals surface area contributed by atoms with Crippen molar-refractivity contribution in [3.8, 4) is 0 Å². The average molecular weight is 205 g/mol. The third kappa shape index (κ3) is 2.32. The van der Waals surface area contributed by atoms with Crippen molar-refractivity contribution in [1.29, 1.82) is 0 Å². The smallest absolute Gasteiger partial charge is 0.132 e. The van der Waals surface area contributed by atoms with Crippen molar-refractivity contribution in [2.45, 2.75) is 27.7 Å². The van der Waals surface area contributed by atoms with E-state index in [-0.39, 0.29) is 5.82 Å². The fourth-order valence-electron chi connectivity index (χ4n) is 1.42. The van der Waals surface area contributed by atoms with E-state index in [1.165, 1.54) is 6.07 Å². The summed E-state index contributed by atoms with van der Waals surface area (Å²) in [5, 5.41) is 0.602. The molecule has 0 aliphatic heterocycles. The van der Waals surface area contributed by atoms with Crippen LogP contribution in [0.1, 0.15) is 25.1 Å². The summed E-state index contributed by atoms with van der Waals surface area (Å²) in [6, 6.07) is 6.84. The van der Waals surface area contributed by atoms with Crippen LogP contribution in [0, 0.1) is 19.7 Å². The number of hydrogen-bond donors (Lipinski definition) is 0. The Morgan fingerprint density at radius 3 is 2.33 bits per heavy atom. The molecule has 0 saturated carbocycles. The van der Waals surface area contributed by atoms with Gasteiger partial charge in [-0.05, 0) is 37.6 Å². The lowest BCUT2D eigenvalue weighted by Crippen LogP contribution is -1.88. The van der Waals surface area contributed by atoms with Crippen LogP contribution in [0.2, 0.25) is 0 Å². The Balaban J connectivity index is 0.000000531. The van der Waals surface area contributed by atoms with Crippen molar-refractivity contribution in [3.05, 3.63) is 41.3 Å². The molecule has 0 radical (unpaired) electrons. The molecule has 0 bridgehead atoms. The lowest BCUT2D eigenvalue weighted by molar-refractivity contribution is 0.639. The zero-order valence-corrected chi connectivity index (χ0v) is 9.63. The van der Waals surface area contributed by atoms with Crippen LogP contribution in [-0.4, -0.2) is 4.98 Å². The molecule has 0 amide bonds. The maximum absolute atomic E-state index is 13.3. The molecule has 1 aromatic carbocycles. The second-order valence-electron chi connectivity index (χ2n) is 3.21. The van der Waals surface area contributed by atoms with Gasteiger partial charge < -0.3 is 0 Å². The van der Waals surface area contributed by atoms with Gasteiger partial charge in [-0.1, -0.05) is 19.9 Å². The van der Waals surface area contributed by atoms with E-state index in [0.717, 1.165) is 16.8 Å². The molecule has 1 nitrogen and oxygen atoms in total. The van der Waals surface area contributed by atoms with Gasteiger partial charge in [-0.15, -0.1) is 0 Å². The summed E-state index contributed by atoms with van der Waals surface area (Å²) in [6.45, 7) is 7.85. The summed E-state index contributed by atoms with van der Waals surface area (Å²) < 4.78 is 13.3. The van der Waals surface area contributed by atoms with Crippen LogP contribution < -0.4 is 0 Å². The highest BCUT2D eigenvalue weighted by Crippen LogP contribution is 2.19. The van der Waals surface area contributed by atoms with Crippen LogP contribution in [0.5, 0.6) is 0 Å². The number of hydrogen-bond acceptors (Lipinski definition) is 1. The second kappa shape index (κ2) is 4.87. The molecular formula is C13H16FN. The monoisotopic (exact) mass is 205 g/mol. The molecule has 15 heavy (non-hydrogen) atoms. The van der Waals surface area contributed by atoms with Gasteiger partial charge in [0.05, 0.1) is 5.52 Å². The van der Waals surface area contributed by atoms with E-state index >= 15 is 0 Å². The Hall–Kier alpha value is -1.44. The molecule has 2 aromatic rings. The van der Waals surface area contributed by atoms with Crippen molar-refractivity contribution in [1.82, 2.24) is 4.98 Å². The minimum atomic E-state index is -0.201. The van der Waals surface area contributed by atoms with E-state index in [0.29, 0.717) is 5.39 Å². The molecule has 0 unspecified atom stereocenters. The highest BCUT2D eigenvalue weighted by atomic mass is 19.1. The van der Waals surface area contributed by atoms with E-state index in [9.17, 15) is 4.39 Å². The highest BCUT2D eigenvalue weighted by molar-refractivity contribution is 5.82. The van der Waals surface area contributed by atoms with Crippen molar-refractivity contribution in [3.63, 3.8) is 0 Å². The van der Waals surface area contributed by atoms with Crippen molar-refractivity contribution in [2.75, 3.05) is 0 Å². The first-order chi connectivity index (χ1) is 7.18. The highest BCUT2D eigenvalue weighted by Gasteiger charge is 2.03. The van der Waals surface area contributed by atoms with Crippen LogP contribution in [0.25, 0.3) is 10.9 Å². The Morgan fingerprint density at radius 1 is 1.00 bits per heavy atom. The molecule has 2 heteroatoms. The molecule has 0 N–H and O–H groups in total. The van der Waals surface area contributed by atoms with Gasteiger partial charge in [0.25, 0.3) is 0 Å². The summed E-state index contributed by atoms with van der Waals surface area (Å²) in [5.74, 6) is -0.201. The first-order valence-corrected chi connectivity index (χ1v) is 5.21. The fourth-order valence-corrected chi connectivity index (χ4v) is 1.42. The summed E-state index contributed by atoms with van der Waals surface area (Å²) in [5.41, 5.74) is 2.70. The van der Waals surface area contributed by atoms with Crippen molar-refractivity contribution >= 4 is 10.9 Å². The molecule has 0 saturated heterocycles. The standard InChI is InChI=1S/C11H10FN.C2H6/c1-7-3-6-10(12)9-5-4-8(2)13-11(7)9;1-2/h3-6H,1-2H3;1-2H3. The number of pyridine rings is 1. The van der Waals surface area contributed by atoms with Crippen LogP contribution in [0.3, 0.4) is 0 Å². The summed E-state index contributed by atoms with van der Waals surface area (Å²) in [4.78, 5) is 4.30. The number of nitrogens with zero attached hydrogens (tertiary/aromatic N) is 1. The molecule has 0 fully saturated rings. The maximum Gasteiger partial charge on any atom is 0.132 e. The van der Waals surface area contributed by atoms with Gasteiger partial charge in [0.1, 0.15) is 5.82 Å².